The van der Waals surface area contributed by atoms with Crippen molar-refractivity contribution < 1.29 is 8.42 Å². The molecule has 0 unspecified atom stereocenters. The Labute approximate surface area is 98.6 Å². The molecule has 2 aromatic rings. The summed E-state index contributed by atoms with van der Waals surface area (Å²) < 4.78 is 24.9. The Hall–Kier alpha value is -1.67. The number of nitrogens with two attached hydrogens (primary N) is 1. The molecule has 92 valence electrons. The summed E-state index contributed by atoms with van der Waals surface area (Å²) in [6.45, 7) is 0.257. The number of fused-ring (bicyclic) bond motifs is 1. The van der Waals surface area contributed by atoms with Crippen LogP contribution in [0.25, 0.3) is 5.65 Å². The number of anilines is 1. The molecule has 3 N–H and O–H groups in total. The van der Waals surface area contributed by atoms with E-state index in [0.717, 1.165) is 6.26 Å². The predicted molar refractivity (Wildman–Crippen MR) is 63.5 cm³/mol. The van der Waals surface area contributed by atoms with E-state index in [1.54, 1.807) is 13.1 Å². The first-order valence-electron chi connectivity index (χ1n) is 4.93. The van der Waals surface area contributed by atoms with Crippen molar-refractivity contribution >= 4 is 21.3 Å². The molecular formula is C9H13N5O2S. The van der Waals surface area contributed by atoms with Gasteiger partial charge in [0, 0.05) is 26.0 Å². The Balaban J connectivity index is 2.91. The third-order valence-electron chi connectivity index (χ3n) is 2.37. The van der Waals surface area contributed by atoms with E-state index in [1.165, 1.54) is 10.7 Å². The quantitative estimate of drug-likeness (QED) is 0.776. The molecule has 0 aliphatic carbocycles. The first-order chi connectivity index (χ1) is 7.99. The summed E-state index contributed by atoms with van der Waals surface area (Å²) in [6, 6.07) is 1.70. The van der Waals surface area contributed by atoms with Crippen LogP contribution in [0.3, 0.4) is 0 Å². The molecule has 0 fully saturated rings. The SMILES string of the molecule is CNc1nn2c(CN)ccnc2c1S(C)(=O)=O. The lowest BCUT2D eigenvalue weighted by Gasteiger charge is -2.00. The second-order valence-electron chi connectivity index (χ2n) is 3.58. The molecule has 7 nitrogen and oxygen atoms in total. The van der Waals surface area contributed by atoms with E-state index in [-0.39, 0.29) is 17.3 Å². The molecule has 2 heterocycles. The van der Waals surface area contributed by atoms with Crippen LogP contribution in [-0.4, -0.2) is 36.3 Å². The average molecular weight is 255 g/mol. The summed E-state index contributed by atoms with van der Waals surface area (Å²) in [4.78, 5) is 4.14. The lowest BCUT2D eigenvalue weighted by Crippen LogP contribution is -2.06. The average Bonchev–Trinajstić information content (AvgIpc) is 2.66. The molecule has 0 saturated carbocycles. The molecule has 0 saturated heterocycles. The van der Waals surface area contributed by atoms with Crippen LogP contribution in [0.2, 0.25) is 0 Å². The third-order valence-corrected chi connectivity index (χ3v) is 3.49. The monoisotopic (exact) mass is 255 g/mol. The number of nitrogens with one attached hydrogen (secondary N) is 1. The van der Waals surface area contributed by atoms with Crippen LogP contribution in [0.5, 0.6) is 0 Å². The maximum atomic E-state index is 11.7. The maximum Gasteiger partial charge on any atom is 0.182 e. The fraction of sp³-hybridized carbons (Fsp3) is 0.333. The molecule has 0 amide bonds. The maximum absolute atomic E-state index is 11.7. The third kappa shape index (κ3) is 1.85. The van der Waals surface area contributed by atoms with Crippen LogP contribution in [0.4, 0.5) is 5.82 Å². The van der Waals surface area contributed by atoms with Crippen molar-refractivity contribution in [3.05, 3.63) is 18.0 Å². The van der Waals surface area contributed by atoms with Crippen molar-refractivity contribution in [3.8, 4) is 0 Å². The molecule has 0 bridgehead atoms. The molecule has 2 rings (SSSR count). The van der Waals surface area contributed by atoms with Crippen LogP contribution < -0.4 is 11.1 Å². The van der Waals surface area contributed by atoms with Gasteiger partial charge in [0.2, 0.25) is 0 Å². The highest BCUT2D eigenvalue weighted by Crippen LogP contribution is 2.24. The molecular weight excluding hydrogens is 242 g/mol. The molecule has 8 heteroatoms. The summed E-state index contributed by atoms with van der Waals surface area (Å²) in [7, 11) is -1.79. The number of hydrogen-bond acceptors (Lipinski definition) is 6. The molecule has 0 aliphatic rings. The van der Waals surface area contributed by atoms with Crippen LogP contribution in [-0.2, 0) is 16.4 Å². The largest absolute Gasteiger partial charge is 0.371 e. The zero-order valence-electron chi connectivity index (χ0n) is 9.51. The summed E-state index contributed by atoms with van der Waals surface area (Å²) >= 11 is 0. The summed E-state index contributed by atoms with van der Waals surface area (Å²) in [5.41, 5.74) is 6.55. The zero-order chi connectivity index (χ0) is 12.6. The van der Waals surface area contributed by atoms with Gasteiger partial charge in [0.1, 0.15) is 0 Å². The number of nitrogens with zero attached hydrogens (tertiary/aromatic N) is 3. The Morgan fingerprint density at radius 1 is 1.53 bits per heavy atom. The van der Waals surface area contributed by atoms with Crippen molar-refractivity contribution in [2.45, 2.75) is 11.4 Å². The molecule has 17 heavy (non-hydrogen) atoms. The lowest BCUT2D eigenvalue weighted by atomic mass is 10.4. The molecule has 0 spiro atoms. The van der Waals surface area contributed by atoms with Gasteiger partial charge in [-0.3, -0.25) is 0 Å². The van der Waals surface area contributed by atoms with E-state index in [2.05, 4.69) is 15.4 Å². The highest BCUT2D eigenvalue weighted by Gasteiger charge is 2.22. The Morgan fingerprint density at radius 2 is 2.24 bits per heavy atom. The normalized spacial score (nSPS) is 11.9. The number of aromatic nitrogens is 3. The number of hydrogen-bond donors (Lipinski definition) is 2. The minimum Gasteiger partial charge on any atom is -0.371 e. The van der Waals surface area contributed by atoms with Crippen molar-refractivity contribution in [3.63, 3.8) is 0 Å². The highest BCUT2D eigenvalue weighted by atomic mass is 32.2. The standard InChI is InChI=1S/C9H13N5O2S/c1-11-8-7(17(2,15)16)9-12-4-3-6(5-10)14(9)13-8/h3-4H,5,10H2,1-2H3,(H,11,13). The van der Waals surface area contributed by atoms with Gasteiger partial charge >= 0.3 is 0 Å². The first kappa shape index (κ1) is 11.8. The van der Waals surface area contributed by atoms with Gasteiger partial charge in [-0.05, 0) is 6.07 Å². The van der Waals surface area contributed by atoms with Gasteiger partial charge in [-0.15, -0.1) is 5.10 Å². The number of rotatable bonds is 3. The van der Waals surface area contributed by atoms with E-state index in [9.17, 15) is 8.42 Å². The second kappa shape index (κ2) is 3.97. The van der Waals surface area contributed by atoms with Crippen molar-refractivity contribution in [2.24, 2.45) is 5.73 Å². The minimum absolute atomic E-state index is 0.0929. The fourth-order valence-corrected chi connectivity index (χ4v) is 2.60. The zero-order valence-corrected chi connectivity index (χ0v) is 10.3. The van der Waals surface area contributed by atoms with Gasteiger partial charge in [-0.1, -0.05) is 0 Å². The van der Waals surface area contributed by atoms with Crippen LogP contribution in [0.1, 0.15) is 5.69 Å². The predicted octanol–water partition coefficient (Wildman–Crippen LogP) is -0.367. The molecule has 0 aromatic carbocycles. The fourth-order valence-electron chi connectivity index (χ4n) is 1.63. The molecule has 0 aliphatic heterocycles. The van der Waals surface area contributed by atoms with Crippen molar-refractivity contribution in [1.29, 1.82) is 0 Å². The highest BCUT2D eigenvalue weighted by molar-refractivity contribution is 7.91. The van der Waals surface area contributed by atoms with Crippen molar-refractivity contribution in [2.75, 3.05) is 18.6 Å². The van der Waals surface area contributed by atoms with Crippen LogP contribution >= 0.6 is 0 Å². The number of sulfone groups is 1. The topological polar surface area (TPSA) is 102 Å². The van der Waals surface area contributed by atoms with Crippen molar-refractivity contribution in [1.82, 2.24) is 14.6 Å². The van der Waals surface area contributed by atoms with Gasteiger partial charge in [0.25, 0.3) is 0 Å². The molecule has 2 aromatic heterocycles. The Bertz CT molecular complexity index is 661. The van der Waals surface area contributed by atoms with Gasteiger partial charge in [0.15, 0.2) is 26.2 Å². The van der Waals surface area contributed by atoms with Crippen LogP contribution in [0.15, 0.2) is 17.2 Å². The van der Waals surface area contributed by atoms with Gasteiger partial charge in [0.05, 0.1) is 5.69 Å². The van der Waals surface area contributed by atoms with E-state index < -0.39 is 9.84 Å². The molecule has 0 radical (unpaired) electrons. The molecule has 0 atom stereocenters. The van der Waals surface area contributed by atoms with E-state index in [4.69, 9.17) is 5.73 Å². The smallest absolute Gasteiger partial charge is 0.182 e. The van der Waals surface area contributed by atoms with Gasteiger partial charge in [-0.25, -0.2) is 17.9 Å². The Kier molecular flexibility index (Phi) is 2.76. The van der Waals surface area contributed by atoms with E-state index in [1.807, 2.05) is 0 Å². The lowest BCUT2D eigenvalue weighted by molar-refractivity contribution is 0.603. The van der Waals surface area contributed by atoms with Crippen LogP contribution in [0, 0.1) is 0 Å². The minimum atomic E-state index is -3.40. The summed E-state index contributed by atoms with van der Waals surface area (Å²) in [5.74, 6) is 0.279. The van der Waals surface area contributed by atoms with Gasteiger partial charge in [-0.2, -0.15) is 0 Å². The second-order valence-corrected chi connectivity index (χ2v) is 5.53. The first-order valence-corrected chi connectivity index (χ1v) is 6.82. The van der Waals surface area contributed by atoms with E-state index in [0.29, 0.717) is 11.3 Å². The summed E-state index contributed by atoms with van der Waals surface area (Å²) in [6.07, 6.45) is 2.65. The van der Waals surface area contributed by atoms with Gasteiger partial charge < -0.3 is 11.1 Å². The summed E-state index contributed by atoms with van der Waals surface area (Å²) in [5, 5.41) is 6.90. The Morgan fingerprint density at radius 3 is 2.76 bits per heavy atom. The van der Waals surface area contributed by atoms with E-state index >= 15 is 0 Å².